The third kappa shape index (κ3) is 7.24. The van der Waals surface area contributed by atoms with Crippen molar-refractivity contribution in [1.82, 2.24) is 25.5 Å². The van der Waals surface area contributed by atoms with Gasteiger partial charge in [-0.15, -0.1) is 5.10 Å². The molecule has 0 radical (unpaired) electrons. The van der Waals surface area contributed by atoms with E-state index in [4.69, 9.17) is 14.2 Å². The highest BCUT2D eigenvalue weighted by atomic mass is 32.2. The summed E-state index contributed by atoms with van der Waals surface area (Å²) in [5.74, 6) is 0.619. The quantitative estimate of drug-likeness (QED) is 0.181. The SMILES string of the molecule is C=CCOC(=O)NCc1ccc([C@H]2O[C@@H](CSc3nnnn3-c3ccccc3)[C@@H](C)[C@@H](c3ccc(CO)cc3)O2)cc1. The van der Waals surface area contributed by atoms with E-state index in [2.05, 4.69) is 34.3 Å². The molecular formula is C31H33N5O5S. The van der Waals surface area contributed by atoms with Gasteiger partial charge in [0.25, 0.3) is 0 Å². The predicted octanol–water partition coefficient (Wildman–Crippen LogP) is 5.15. The molecule has 1 fully saturated rings. The highest BCUT2D eigenvalue weighted by molar-refractivity contribution is 7.99. The molecule has 1 aromatic heterocycles. The summed E-state index contributed by atoms with van der Waals surface area (Å²) in [7, 11) is 0. The van der Waals surface area contributed by atoms with Crippen LogP contribution in [0.4, 0.5) is 4.79 Å². The van der Waals surface area contributed by atoms with Crippen LogP contribution in [-0.2, 0) is 27.4 Å². The summed E-state index contributed by atoms with van der Waals surface area (Å²) in [5, 5.41) is 25.2. The first kappa shape index (κ1) is 29.5. The van der Waals surface area contributed by atoms with Crippen molar-refractivity contribution in [2.75, 3.05) is 12.4 Å². The molecule has 11 heteroatoms. The fourth-order valence-corrected chi connectivity index (χ4v) is 5.67. The number of nitrogens with zero attached hydrogens (tertiary/aromatic N) is 4. The maximum atomic E-state index is 11.8. The van der Waals surface area contributed by atoms with E-state index in [1.165, 1.54) is 17.8 Å². The number of aliphatic hydroxyl groups excluding tert-OH is 1. The number of ether oxygens (including phenoxy) is 3. The van der Waals surface area contributed by atoms with Crippen molar-refractivity contribution in [2.45, 2.75) is 43.7 Å². The van der Waals surface area contributed by atoms with E-state index in [1.54, 1.807) is 4.68 Å². The highest BCUT2D eigenvalue weighted by Crippen LogP contribution is 2.43. The van der Waals surface area contributed by atoms with E-state index >= 15 is 0 Å². The van der Waals surface area contributed by atoms with Gasteiger partial charge in [0.1, 0.15) is 6.61 Å². The average molecular weight is 588 g/mol. The number of hydrogen-bond acceptors (Lipinski definition) is 9. The first-order valence-corrected chi connectivity index (χ1v) is 14.6. The number of carbonyl (C=O) groups is 1. The Morgan fingerprint density at radius 3 is 2.48 bits per heavy atom. The number of benzene rings is 3. The van der Waals surface area contributed by atoms with Crippen LogP contribution in [0.5, 0.6) is 0 Å². The number of tetrazole rings is 1. The number of hydrogen-bond donors (Lipinski definition) is 2. The van der Waals surface area contributed by atoms with E-state index in [0.29, 0.717) is 17.5 Å². The highest BCUT2D eigenvalue weighted by Gasteiger charge is 2.38. The van der Waals surface area contributed by atoms with Crippen LogP contribution >= 0.6 is 11.8 Å². The van der Waals surface area contributed by atoms with Crippen LogP contribution in [0.1, 0.15) is 41.6 Å². The average Bonchev–Trinajstić information content (AvgIpc) is 3.52. The van der Waals surface area contributed by atoms with Crippen molar-refractivity contribution in [3.05, 3.63) is 114 Å². The Morgan fingerprint density at radius 1 is 1.05 bits per heavy atom. The molecule has 0 aliphatic carbocycles. The van der Waals surface area contributed by atoms with E-state index in [0.717, 1.165) is 27.9 Å². The first-order valence-electron chi connectivity index (χ1n) is 13.6. The van der Waals surface area contributed by atoms with Crippen LogP contribution in [0.15, 0.2) is 96.7 Å². The van der Waals surface area contributed by atoms with Crippen LogP contribution < -0.4 is 5.32 Å². The Labute approximate surface area is 248 Å². The molecule has 5 rings (SSSR count). The van der Waals surface area contributed by atoms with Crippen LogP contribution in [0.25, 0.3) is 5.69 Å². The van der Waals surface area contributed by atoms with Gasteiger partial charge < -0.3 is 24.6 Å². The van der Waals surface area contributed by atoms with Gasteiger partial charge in [-0.3, -0.25) is 0 Å². The molecule has 1 saturated heterocycles. The van der Waals surface area contributed by atoms with Crippen LogP contribution in [0.3, 0.4) is 0 Å². The second-order valence-corrected chi connectivity index (χ2v) is 10.8. The second kappa shape index (κ2) is 14.2. The normalized spacial score (nSPS) is 20.1. The lowest BCUT2D eigenvalue weighted by atomic mass is 9.91. The van der Waals surface area contributed by atoms with E-state index in [9.17, 15) is 9.90 Å². The Morgan fingerprint density at radius 2 is 1.76 bits per heavy atom. The number of amides is 1. The molecule has 1 amide bonds. The van der Waals surface area contributed by atoms with Crippen LogP contribution in [0.2, 0.25) is 0 Å². The molecule has 218 valence electrons. The van der Waals surface area contributed by atoms with Crippen molar-refractivity contribution in [2.24, 2.45) is 5.92 Å². The minimum atomic E-state index is -0.612. The Hall–Kier alpha value is -4.03. The minimum absolute atomic E-state index is 0.0137. The number of nitrogens with one attached hydrogen (secondary N) is 1. The molecule has 0 saturated carbocycles. The number of aromatic nitrogens is 4. The molecule has 0 unspecified atom stereocenters. The van der Waals surface area contributed by atoms with E-state index in [1.807, 2.05) is 78.9 Å². The Kier molecular flexibility index (Phi) is 9.98. The number of aliphatic hydroxyl groups is 1. The monoisotopic (exact) mass is 587 g/mol. The van der Waals surface area contributed by atoms with E-state index < -0.39 is 12.4 Å². The lowest BCUT2D eigenvalue weighted by Crippen LogP contribution is -2.38. The third-order valence-electron chi connectivity index (χ3n) is 6.96. The van der Waals surface area contributed by atoms with Crippen LogP contribution in [0, 0.1) is 5.92 Å². The van der Waals surface area contributed by atoms with E-state index in [-0.39, 0.29) is 31.3 Å². The molecule has 4 aromatic rings. The molecule has 0 bridgehead atoms. The lowest BCUT2D eigenvalue weighted by molar-refractivity contribution is -0.268. The van der Waals surface area contributed by atoms with Gasteiger partial charge in [-0.1, -0.05) is 98.1 Å². The smallest absolute Gasteiger partial charge is 0.407 e. The molecule has 1 aliphatic rings. The fraction of sp³-hybridized carbons (Fsp3) is 0.290. The zero-order valence-electron chi connectivity index (χ0n) is 23.2. The summed E-state index contributed by atoms with van der Waals surface area (Å²) in [4.78, 5) is 11.8. The number of thioether (sulfide) groups is 1. The first-order chi connectivity index (χ1) is 20.6. The minimum Gasteiger partial charge on any atom is -0.445 e. The van der Waals surface area contributed by atoms with Gasteiger partial charge in [0.2, 0.25) is 5.16 Å². The van der Waals surface area contributed by atoms with Gasteiger partial charge in [-0.2, -0.15) is 4.68 Å². The van der Waals surface area contributed by atoms with Crippen molar-refractivity contribution < 1.29 is 24.1 Å². The maximum absolute atomic E-state index is 11.8. The van der Waals surface area contributed by atoms with Crippen molar-refractivity contribution in [1.29, 1.82) is 0 Å². The van der Waals surface area contributed by atoms with Crippen molar-refractivity contribution in [3.63, 3.8) is 0 Å². The standard InChI is InChI=1S/C31H33N5O5S/c1-3-17-39-31(38)32-18-22-9-15-25(16-10-22)29-40-27(21(2)28(41-29)24-13-11-23(19-37)12-14-24)20-42-30-33-34-35-36(30)26-7-5-4-6-8-26/h3-16,21,27-29,37H,1,17-20H2,2H3,(H,32,38)/t21-,27+,28+,29+/m1/s1. The van der Waals surface area contributed by atoms with Gasteiger partial charge >= 0.3 is 6.09 Å². The van der Waals surface area contributed by atoms with Gasteiger partial charge in [-0.25, -0.2) is 4.79 Å². The van der Waals surface area contributed by atoms with Gasteiger partial charge in [-0.05, 0) is 39.2 Å². The Balaban J connectivity index is 1.33. The van der Waals surface area contributed by atoms with Crippen molar-refractivity contribution >= 4 is 17.9 Å². The molecular weight excluding hydrogens is 554 g/mol. The molecule has 2 N–H and O–H groups in total. The molecule has 4 atom stereocenters. The zero-order chi connectivity index (χ0) is 29.3. The molecule has 42 heavy (non-hydrogen) atoms. The van der Waals surface area contributed by atoms with Gasteiger partial charge in [0.05, 0.1) is 24.5 Å². The number of rotatable bonds is 11. The molecule has 2 heterocycles. The molecule has 3 aromatic carbocycles. The van der Waals surface area contributed by atoms with Crippen LogP contribution in [-0.4, -0.2) is 49.9 Å². The summed E-state index contributed by atoms with van der Waals surface area (Å²) in [6.07, 6.45) is -0.0177. The maximum Gasteiger partial charge on any atom is 0.407 e. The number of alkyl carbamates (subject to hydrolysis) is 1. The predicted molar refractivity (Wildman–Crippen MR) is 158 cm³/mol. The fourth-order valence-electron chi connectivity index (χ4n) is 4.62. The second-order valence-electron chi connectivity index (χ2n) is 9.82. The van der Waals surface area contributed by atoms with Crippen molar-refractivity contribution in [3.8, 4) is 5.69 Å². The summed E-state index contributed by atoms with van der Waals surface area (Å²) < 4.78 is 19.8. The van der Waals surface area contributed by atoms with Gasteiger partial charge in [0.15, 0.2) is 6.29 Å². The lowest BCUT2D eigenvalue weighted by Gasteiger charge is -2.41. The third-order valence-corrected chi connectivity index (χ3v) is 7.97. The largest absolute Gasteiger partial charge is 0.445 e. The summed E-state index contributed by atoms with van der Waals surface area (Å²) in [6.45, 7) is 6.12. The molecule has 10 nitrogen and oxygen atoms in total. The molecule has 1 aliphatic heterocycles. The summed E-state index contributed by atoms with van der Waals surface area (Å²) in [6, 6.07) is 25.3. The Bertz CT molecular complexity index is 1450. The summed E-state index contributed by atoms with van der Waals surface area (Å²) in [5.41, 5.74) is 4.51. The zero-order valence-corrected chi connectivity index (χ0v) is 24.0. The number of para-hydroxylation sites is 1. The summed E-state index contributed by atoms with van der Waals surface area (Å²) >= 11 is 1.53. The van der Waals surface area contributed by atoms with Gasteiger partial charge in [0, 0.05) is 23.8 Å². The molecule has 0 spiro atoms. The topological polar surface area (TPSA) is 121 Å². The number of carbonyl (C=O) groups excluding carboxylic acids is 1.